The maximum atomic E-state index is 3.55. The van der Waals surface area contributed by atoms with Gasteiger partial charge in [-0.3, -0.25) is 0 Å². The summed E-state index contributed by atoms with van der Waals surface area (Å²) in [6.07, 6.45) is 9.77. The smallest absolute Gasteiger partial charge is 0.0104 e. The van der Waals surface area contributed by atoms with Gasteiger partial charge in [-0.05, 0) is 45.3 Å². The van der Waals surface area contributed by atoms with Crippen LogP contribution >= 0.6 is 0 Å². The summed E-state index contributed by atoms with van der Waals surface area (Å²) in [6.45, 7) is 8.41. The minimum absolute atomic E-state index is 0.758. The van der Waals surface area contributed by atoms with Gasteiger partial charge in [-0.1, -0.05) is 39.5 Å². The second kappa shape index (κ2) is 8.93. The molecule has 2 heteroatoms. The summed E-state index contributed by atoms with van der Waals surface area (Å²) in [6, 6.07) is 0.758. The molecule has 0 saturated heterocycles. The van der Waals surface area contributed by atoms with Crippen molar-refractivity contribution in [2.75, 3.05) is 26.7 Å². The van der Waals surface area contributed by atoms with Gasteiger partial charge < -0.3 is 10.2 Å². The van der Waals surface area contributed by atoms with Crippen LogP contribution in [0.2, 0.25) is 0 Å². The van der Waals surface area contributed by atoms with Crippen molar-refractivity contribution >= 4 is 0 Å². The van der Waals surface area contributed by atoms with Gasteiger partial charge in [0, 0.05) is 12.6 Å². The molecule has 0 aromatic carbocycles. The average molecular weight is 240 g/mol. The molecule has 0 aromatic heterocycles. The highest BCUT2D eigenvalue weighted by Crippen LogP contribution is 2.24. The molecule has 0 bridgehead atoms. The van der Waals surface area contributed by atoms with Crippen LogP contribution in [0.4, 0.5) is 0 Å². The standard InChI is InChI=1S/C15H32N2/c1-4-6-12-17(5-2)13-14-10-8-7-9-11-15(14)16-3/h14-16H,4-13H2,1-3H3. The minimum Gasteiger partial charge on any atom is -0.317 e. The van der Waals surface area contributed by atoms with Gasteiger partial charge in [0.25, 0.3) is 0 Å². The molecule has 0 radical (unpaired) electrons. The van der Waals surface area contributed by atoms with E-state index < -0.39 is 0 Å². The molecular formula is C15H32N2. The van der Waals surface area contributed by atoms with Crippen LogP contribution in [0.1, 0.15) is 58.8 Å². The molecule has 0 spiro atoms. The van der Waals surface area contributed by atoms with Crippen molar-refractivity contribution in [3.8, 4) is 0 Å². The van der Waals surface area contributed by atoms with Crippen LogP contribution in [-0.2, 0) is 0 Å². The Morgan fingerprint density at radius 2 is 1.88 bits per heavy atom. The zero-order valence-corrected chi connectivity index (χ0v) is 12.2. The summed E-state index contributed by atoms with van der Waals surface area (Å²) >= 11 is 0. The molecule has 1 aliphatic carbocycles. The molecule has 0 heterocycles. The maximum Gasteiger partial charge on any atom is 0.0104 e. The number of unbranched alkanes of at least 4 members (excludes halogenated alkanes) is 1. The van der Waals surface area contributed by atoms with Crippen molar-refractivity contribution in [2.24, 2.45) is 5.92 Å². The molecule has 1 saturated carbocycles. The van der Waals surface area contributed by atoms with Crippen LogP contribution < -0.4 is 5.32 Å². The van der Waals surface area contributed by atoms with E-state index in [4.69, 9.17) is 0 Å². The number of nitrogens with one attached hydrogen (secondary N) is 1. The molecule has 2 unspecified atom stereocenters. The first-order chi connectivity index (χ1) is 8.31. The first-order valence-electron chi connectivity index (χ1n) is 7.71. The van der Waals surface area contributed by atoms with Crippen molar-refractivity contribution in [3.05, 3.63) is 0 Å². The third-order valence-electron chi connectivity index (χ3n) is 4.30. The zero-order valence-electron chi connectivity index (χ0n) is 12.2. The van der Waals surface area contributed by atoms with E-state index in [1.165, 1.54) is 64.6 Å². The lowest BCUT2D eigenvalue weighted by atomic mass is 9.94. The Hall–Kier alpha value is -0.0800. The molecule has 2 atom stereocenters. The molecule has 2 nitrogen and oxygen atoms in total. The number of hydrogen-bond acceptors (Lipinski definition) is 2. The molecule has 1 aliphatic rings. The maximum absolute atomic E-state index is 3.55. The lowest BCUT2D eigenvalue weighted by Gasteiger charge is -2.30. The second-order valence-electron chi connectivity index (χ2n) is 5.54. The van der Waals surface area contributed by atoms with E-state index in [1.54, 1.807) is 0 Å². The molecule has 17 heavy (non-hydrogen) atoms. The van der Waals surface area contributed by atoms with E-state index in [9.17, 15) is 0 Å². The summed E-state index contributed by atoms with van der Waals surface area (Å²) in [7, 11) is 2.14. The van der Waals surface area contributed by atoms with Crippen molar-refractivity contribution in [3.63, 3.8) is 0 Å². The Labute approximate surface area is 108 Å². The van der Waals surface area contributed by atoms with E-state index in [0.29, 0.717) is 0 Å². The normalized spacial score (nSPS) is 26.1. The van der Waals surface area contributed by atoms with Crippen molar-refractivity contribution in [1.29, 1.82) is 0 Å². The van der Waals surface area contributed by atoms with Crippen LogP contribution in [0.15, 0.2) is 0 Å². The van der Waals surface area contributed by atoms with Gasteiger partial charge in [-0.15, -0.1) is 0 Å². The fourth-order valence-electron chi connectivity index (χ4n) is 3.07. The van der Waals surface area contributed by atoms with Gasteiger partial charge in [-0.25, -0.2) is 0 Å². The van der Waals surface area contributed by atoms with E-state index in [0.717, 1.165) is 12.0 Å². The molecule has 0 aliphatic heterocycles. The van der Waals surface area contributed by atoms with Gasteiger partial charge in [0.1, 0.15) is 0 Å². The predicted molar refractivity (Wildman–Crippen MR) is 76.4 cm³/mol. The predicted octanol–water partition coefficient (Wildman–Crippen LogP) is 3.28. The quantitative estimate of drug-likeness (QED) is 0.687. The first-order valence-corrected chi connectivity index (χ1v) is 7.71. The fraction of sp³-hybridized carbons (Fsp3) is 1.00. The van der Waals surface area contributed by atoms with Crippen LogP contribution in [0, 0.1) is 5.92 Å². The van der Waals surface area contributed by atoms with Gasteiger partial charge in [0.05, 0.1) is 0 Å². The van der Waals surface area contributed by atoms with E-state index >= 15 is 0 Å². The number of nitrogens with zero attached hydrogens (tertiary/aromatic N) is 1. The molecule has 0 amide bonds. The Morgan fingerprint density at radius 1 is 1.12 bits per heavy atom. The largest absolute Gasteiger partial charge is 0.317 e. The van der Waals surface area contributed by atoms with Crippen molar-refractivity contribution in [1.82, 2.24) is 10.2 Å². The number of hydrogen-bond donors (Lipinski definition) is 1. The molecule has 0 aromatic rings. The molecule has 102 valence electrons. The minimum atomic E-state index is 0.758. The number of rotatable bonds is 7. The monoisotopic (exact) mass is 240 g/mol. The second-order valence-corrected chi connectivity index (χ2v) is 5.54. The lowest BCUT2D eigenvalue weighted by Crippen LogP contribution is -2.40. The third kappa shape index (κ3) is 5.39. The molecule has 1 N–H and O–H groups in total. The Balaban J connectivity index is 2.43. The van der Waals surface area contributed by atoms with E-state index in [-0.39, 0.29) is 0 Å². The van der Waals surface area contributed by atoms with Crippen LogP contribution in [0.25, 0.3) is 0 Å². The van der Waals surface area contributed by atoms with E-state index in [1.807, 2.05) is 0 Å². The Bertz CT molecular complexity index is 182. The topological polar surface area (TPSA) is 15.3 Å². The van der Waals surface area contributed by atoms with Crippen LogP contribution in [-0.4, -0.2) is 37.6 Å². The van der Waals surface area contributed by atoms with Crippen LogP contribution in [0.3, 0.4) is 0 Å². The fourth-order valence-corrected chi connectivity index (χ4v) is 3.07. The zero-order chi connectivity index (χ0) is 12.5. The van der Waals surface area contributed by atoms with Crippen molar-refractivity contribution in [2.45, 2.75) is 64.8 Å². The highest BCUT2D eigenvalue weighted by Gasteiger charge is 2.23. The summed E-state index contributed by atoms with van der Waals surface area (Å²) in [5.74, 6) is 0.874. The summed E-state index contributed by atoms with van der Waals surface area (Å²) < 4.78 is 0. The lowest BCUT2D eigenvalue weighted by molar-refractivity contribution is 0.202. The Kier molecular flexibility index (Phi) is 7.87. The van der Waals surface area contributed by atoms with Gasteiger partial charge in [0.15, 0.2) is 0 Å². The van der Waals surface area contributed by atoms with E-state index in [2.05, 4.69) is 31.1 Å². The van der Waals surface area contributed by atoms with Crippen molar-refractivity contribution < 1.29 is 0 Å². The van der Waals surface area contributed by atoms with Gasteiger partial charge in [0.2, 0.25) is 0 Å². The van der Waals surface area contributed by atoms with Gasteiger partial charge >= 0.3 is 0 Å². The first kappa shape index (κ1) is 15.0. The highest BCUT2D eigenvalue weighted by atomic mass is 15.1. The summed E-state index contributed by atoms with van der Waals surface area (Å²) in [5, 5.41) is 3.55. The van der Waals surface area contributed by atoms with Crippen LogP contribution in [0.5, 0.6) is 0 Å². The van der Waals surface area contributed by atoms with Gasteiger partial charge in [-0.2, -0.15) is 0 Å². The highest BCUT2D eigenvalue weighted by molar-refractivity contribution is 4.80. The SMILES string of the molecule is CCCCN(CC)CC1CCCCCC1NC. The molecule has 1 fully saturated rings. The molecule has 1 rings (SSSR count). The summed E-state index contributed by atoms with van der Waals surface area (Å²) in [4.78, 5) is 2.66. The average Bonchev–Trinajstić information content (AvgIpc) is 2.59. The Morgan fingerprint density at radius 3 is 2.53 bits per heavy atom. The summed E-state index contributed by atoms with van der Waals surface area (Å²) in [5.41, 5.74) is 0. The third-order valence-corrected chi connectivity index (χ3v) is 4.30. The molecular weight excluding hydrogens is 208 g/mol.